The fourth-order valence-electron chi connectivity index (χ4n) is 3.64. The monoisotopic (exact) mass is 332 g/mol. The average Bonchev–Trinajstić information content (AvgIpc) is 2.97. The second-order valence-corrected chi connectivity index (χ2v) is 6.92. The minimum Gasteiger partial charge on any atom is -0.492 e. The fourth-order valence-corrected chi connectivity index (χ4v) is 3.64. The van der Waals surface area contributed by atoms with Crippen LogP contribution in [-0.2, 0) is 9.53 Å². The molecular weight excluding hydrogens is 304 g/mol. The second kappa shape index (κ2) is 7.99. The van der Waals surface area contributed by atoms with E-state index < -0.39 is 0 Å². The molecule has 5 heteroatoms. The van der Waals surface area contributed by atoms with Crippen molar-refractivity contribution in [2.24, 2.45) is 0 Å². The highest BCUT2D eigenvalue weighted by Crippen LogP contribution is 2.33. The van der Waals surface area contributed by atoms with Crippen LogP contribution < -0.4 is 10.1 Å². The molecule has 24 heavy (non-hydrogen) atoms. The third kappa shape index (κ3) is 4.28. The van der Waals surface area contributed by atoms with Crippen LogP contribution in [0, 0.1) is 0 Å². The fraction of sp³-hybridized carbons (Fsp3) is 0.632. The highest BCUT2D eigenvalue weighted by molar-refractivity contribution is 5.85. The summed E-state index contributed by atoms with van der Waals surface area (Å²) in [7, 11) is 0. The van der Waals surface area contributed by atoms with Crippen LogP contribution in [0.25, 0.3) is 0 Å². The number of hydrogen-bond donors (Lipinski definition) is 1. The first kappa shape index (κ1) is 17.2. The molecule has 1 amide bonds. The second-order valence-electron chi connectivity index (χ2n) is 6.92. The van der Waals surface area contributed by atoms with Crippen molar-refractivity contribution < 1.29 is 14.3 Å². The molecule has 1 aromatic carbocycles. The Morgan fingerprint density at radius 3 is 2.75 bits per heavy atom. The SMILES string of the molecule is C[C@@H]1CN(CCCCNC(=O)[C@@H]2COc3ccccc32)C[C@H](C)O1. The maximum absolute atomic E-state index is 12.3. The zero-order valence-corrected chi connectivity index (χ0v) is 14.7. The molecule has 2 aliphatic heterocycles. The van der Waals surface area contributed by atoms with Gasteiger partial charge in [0.05, 0.1) is 12.2 Å². The molecule has 3 rings (SSSR count). The molecule has 0 spiro atoms. The number of carbonyl (C=O) groups excluding carboxylic acids is 1. The lowest BCUT2D eigenvalue weighted by Crippen LogP contribution is -2.45. The molecule has 1 fully saturated rings. The normalized spacial score (nSPS) is 26.7. The summed E-state index contributed by atoms with van der Waals surface area (Å²) in [6.07, 6.45) is 2.73. The topological polar surface area (TPSA) is 50.8 Å². The number of morpholine rings is 1. The highest BCUT2D eigenvalue weighted by atomic mass is 16.5. The van der Waals surface area contributed by atoms with E-state index in [0.29, 0.717) is 18.8 Å². The Balaban J connectivity index is 1.35. The Morgan fingerprint density at radius 2 is 1.96 bits per heavy atom. The number of nitrogens with zero attached hydrogens (tertiary/aromatic N) is 1. The minimum atomic E-state index is -0.165. The van der Waals surface area contributed by atoms with Crippen LogP contribution >= 0.6 is 0 Å². The number of amides is 1. The van der Waals surface area contributed by atoms with Gasteiger partial charge in [-0.3, -0.25) is 9.69 Å². The van der Waals surface area contributed by atoms with E-state index in [1.165, 1.54) is 0 Å². The van der Waals surface area contributed by atoms with Crippen molar-refractivity contribution in [3.8, 4) is 5.75 Å². The first-order valence-electron chi connectivity index (χ1n) is 9.00. The summed E-state index contributed by atoms with van der Waals surface area (Å²) >= 11 is 0. The molecule has 2 aliphatic rings. The quantitative estimate of drug-likeness (QED) is 0.811. The van der Waals surface area contributed by atoms with E-state index in [9.17, 15) is 4.79 Å². The van der Waals surface area contributed by atoms with Crippen molar-refractivity contribution in [2.45, 2.75) is 44.8 Å². The Kier molecular flexibility index (Phi) is 5.74. The number of para-hydroxylation sites is 1. The summed E-state index contributed by atoms with van der Waals surface area (Å²) in [5.74, 6) is 0.754. The van der Waals surface area contributed by atoms with Crippen LogP contribution in [-0.4, -0.2) is 55.8 Å². The van der Waals surface area contributed by atoms with Gasteiger partial charge in [0.25, 0.3) is 0 Å². The standard InChI is InChI=1S/C19H28N2O3/c1-14-11-21(12-15(2)24-14)10-6-5-9-20-19(22)17-13-23-18-8-4-3-7-16(17)18/h3-4,7-8,14-15,17H,5-6,9-13H2,1-2H3,(H,20,22)/t14-,15+,17-/m1/s1. The predicted octanol–water partition coefficient (Wildman–Crippen LogP) is 2.17. The van der Waals surface area contributed by atoms with Crippen molar-refractivity contribution in [2.75, 3.05) is 32.8 Å². The first-order valence-corrected chi connectivity index (χ1v) is 9.00. The van der Waals surface area contributed by atoms with Gasteiger partial charge in [0.15, 0.2) is 0 Å². The Hall–Kier alpha value is -1.59. The third-order valence-corrected chi connectivity index (χ3v) is 4.71. The molecule has 1 saturated heterocycles. The van der Waals surface area contributed by atoms with Crippen molar-refractivity contribution in [1.29, 1.82) is 0 Å². The van der Waals surface area contributed by atoms with Crippen LogP contribution in [0.3, 0.4) is 0 Å². The van der Waals surface area contributed by atoms with Gasteiger partial charge in [-0.2, -0.15) is 0 Å². The molecule has 5 nitrogen and oxygen atoms in total. The van der Waals surface area contributed by atoms with E-state index in [-0.39, 0.29) is 11.8 Å². The molecule has 0 radical (unpaired) electrons. The summed E-state index contributed by atoms with van der Waals surface area (Å²) in [6, 6.07) is 7.80. The van der Waals surface area contributed by atoms with E-state index in [1.54, 1.807) is 0 Å². The van der Waals surface area contributed by atoms with Crippen molar-refractivity contribution in [3.63, 3.8) is 0 Å². The van der Waals surface area contributed by atoms with E-state index in [2.05, 4.69) is 24.1 Å². The van der Waals surface area contributed by atoms with E-state index in [4.69, 9.17) is 9.47 Å². The number of ether oxygens (including phenoxy) is 2. The van der Waals surface area contributed by atoms with Gasteiger partial charge >= 0.3 is 0 Å². The van der Waals surface area contributed by atoms with Gasteiger partial charge in [-0.15, -0.1) is 0 Å². The lowest BCUT2D eigenvalue weighted by Gasteiger charge is -2.35. The van der Waals surface area contributed by atoms with Crippen LogP contribution in [0.4, 0.5) is 0 Å². The van der Waals surface area contributed by atoms with Gasteiger partial charge in [-0.05, 0) is 39.3 Å². The van der Waals surface area contributed by atoms with Crippen LogP contribution in [0.15, 0.2) is 24.3 Å². The molecule has 2 heterocycles. The summed E-state index contributed by atoms with van der Waals surface area (Å²) in [4.78, 5) is 14.8. The predicted molar refractivity (Wildman–Crippen MR) is 93.4 cm³/mol. The lowest BCUT2D eigenvalue weighted by atomic mass is 10.0. The Bertz CT molecular complexity index is 553. The van der Waals surface area contributed by atoms with Crippen LogP contribution in [0.2, 0.25) is 0 Å². The van der Waals surface area contributed by atoms with Crippen LogP contribution in [0.1, 0.15) is 38.2 Å². The van der Waals surface area contributed by atoms with Gasteiger partial charge in [0, 0.05) is 25.2 Å². The van der Waals surface area contributed by atoms with Gasteiger partial charge in [-0.25, -0.2) is 0 Å². The molecule has 0 aliphatic carbocycles. The minimum absolute atomic E-state index is 0.0774. The largest absolute Gasteiger partial charge is 0.492 e. The highest BCUT2D eigenvalue weighted by Gasteiger charge is 2.29. The van der Waals surface area contributed by atoms with Crippen LogP contribution in [0.5, 0.6) is 5.75 Å². The van der Waals surface area contributed by atoms with E-state index in [0.717, 1.165) is 50.3 Å². The molecule has 132 valence electrons. The molecule has 0 bridgehead atoms. The van der Waals surface area contributed by atoms with Gasteiger partial charge in [-0.1, -0.05) is 18.2 Å². The number of hydrogen-bond acceptors (Lipinski definition) is 4. The maximum atomic E-state index is 12.3. The third-order valence-electron chi connectivity index (χ3n) is 4.71. The molecule has 1 aromatic rings. The van der Waals surface area contributed by atoms with Crippen molar-refractivity contribution in [1.82, 2.24) is 10.2 Å². The molecule has 0 unspecified atom stereocenters. The van der Waals surface area contributed by atoms with Gasteiger partial charge in [0.2, 0.25) is 5.91 Å². The van der Waals surface area contributed by atoms with E-state index in [1.807, 2.05) is 24.3 Å². The zero-order chi connectivity index (χ0) is 16.9. The summed E-state index contributed by atoms with van der Waals surface area (Å²) in [6.45, 7) is 8.53. The molecule has 0 saturated carbocycles. The molecule has 3 atom stereocenters. The number of nitrogens with one attached hydrogen (secondary N) is 1. The molecule has 1 N–H and O–H groups in total. The Labute approximate surface area is 144 Å². The zero-order valence-electron chi connectivity index (χ0n) is 14.7. The number of fused-ring (bicyclic) bond motifs is 1. The summed E-state index contributed by atoms with van der Waals surface area (Å²) < 4.78 is 11.3. The summed E-state index contributed by atoms with van der Waals surface area (Å²) in [5, 5.41) is 3.06. The smallest absolute Gasteiger partial charge is 0.231 e. The number of carbonyl (C=O) groups is 1. The molecule has 0 aromatic heterocycles. The van der Waals surface area contributed by atoms with Gasteiger partial charge < -0.3 is 14.8 Å². The Morgan fingerprint density at radius 1 is 1.21 bits per heavy atom. The van der Waals surface area contributed by atoms with E-state index >= 15 is 0 Å². The number of rotatable bonds is 6. The number of unbranched alkanes of at least 4 members (excludes halogenated alkanes) is 1. The first-order chi connectivity index (χ1) is 11.6. The average molecular weight is 332 g/mol. The van der Waals surface area contributed by atoms with Gasteiger partial charge in [0.1, 0.15) is 18.3 Å². The maximum Gasteiger partial charge on any atom is 0.231 e. The number of benzene rings is 1. The van der Waals surface area contributed by atoms with Crippen molar-refractivity contribution >= 4 is 5.91 Å². The molecular formula is C19H28N2O3. The summed E-state index contributed by atoms with van der Waals surface area (Å²) in [5.41, 5.74) is 1.01. The lowest BCUT2D eigenvalue weighted by molar-refractivity contribution is -0.122. The van der Waals surface area contributed by atoms with Crippen molar-refractivity contribution in [3.05, 3.63) is 29.8 Å².